The monoisotopic (exact) mass is 379 g/mol. The van der Waals surface area contributed by atoms with Gasteiger partial charge in [0, 0.05) is 31.6 Å². The van der Waals surface area contributed by atoms with Gasteiger partial charge in [0.25, 0.3) is 0 Å². The van der Waals surface area contributed by atoms with E-state index in [2.05, 4.69) is 16.7 Å². The van der Waals surface area contributed by atoms with Gasteiger partial charge in [-0.05, 0) is 69.9 Å². The maximum absolute atomic E-state index is 12.7. The van der Waals surface area contributed by atoms with Crippen molar-refractivity contribution in [1.29, 1.82) is 0 Å². The second-order valence-electron chi connectivity index (χ2n) is 8.05. The maximum Gasteiger partial charge on any atom is 0.225 e. The van der Waals surface area contributed by atoms with Crippen molar-refractivity contribution in [3.63, 3.8) is 0 Å². The largest absolute Gasteiger partial charge is 0.342 e. The van der Waals surface area contributed by atoms with Crippen molar-refractivity contribution in [2.45, 2.75) is 57.9 Å². The summed E-state index contributed by atoms with van der Waals surface area (Å²) in [6.45, 7) is 8.02. The summed E-state index contributed by atoms with van der Waals surface area (Å²) in [5, 5.41) is 0. The fourth-order valence-electron chi connectivity index (χ4n) is 4.52. The molecule has 3 atom stereocenters. The number of hydrogen-bond acceptors (Lipinski definition) is 3. The number of nitrogens with zero attached hydrogens (tertiary/aromatic N) is 2. The highest BCUT2D eigenvalue weighted by atomic mass is 35.5. The Morgan fingerprint density at radius 1 is 1.04 bits per heavy atom. The Balaban J connectivity index is 0.00000144. The predicted octanol–water partition coefficient (Wildman–Crippen LogP) is 2.93. The summed E-state index contributed by atoms with van der Waals surface area (Å²) in [7, 11) is 0. The molecule has 3 fully saturated rings. The normalized spacial score (nSPS) is 32.1. The van der Waals surface area contributed by atoms with Crippen LogP contribution < -0.4 is 5.73 Å². The molecule has 0 aromatic rings. The summed E-state index contributed by atoms with van der Waals surface area (Å²) < 4.78 is 0. The maximum atomic E-state index is 12.7. The smallest absolute Gasteiger partial charge is 0.225 e. The van der Waals surface area contributed by atoms with E-state index in [9.17, 15) is 4.79 Å². The van der Waals surface area contributed by atoms with Crippen LogP contribution in [0, 0.1) is 17.8 Å². The van der Waals surface area contributed by atoms with E-state index in [1.165, 1.54) is 45.3 Å². The summed E-state index contributed by atoms with van der Waals surface area (Å²) >= 11 is 0. The lowest BCUT2D eigenvalue weighted by Crippen LogP contribution is -2.46. The molecule has 3 aliphatic rings. The second kappa shape index (κ2) is 10.2. The van der Waals surface area contributed by atoms with Crippen LogP contribution >= 0.6 is 24.8 Å². The third-order valence-electron chi connectivity index (χ3n) is 6.05. The van der Waals surface area contributed by atoms with Crippen LogP contribution in [0.15, 0.2) is 0 Å². The Hall–Kier alpha value is -0.0300. The summed E-state index contributed by atoms with van der Waals surface area (Å²) in [5.41, 5.74) is 5.98. The van der Waals surface area contributed by atoms with Crippen LogP contribution in [0.3, 0.4) is 0 Å². The van der Waals surface area contributed by atoms with Crippen molar-refractivity contribution in [2.24, 2.45) is 23.5 Å². The molecule has 2 N–H and O–H groups in total. The quantitative estimate of drug-likeness (QED) is 0.819. The van der Waals surface area contributed by atoms with Gasteiger partial charge in [-0.2, -0.15) is 0 Å². The number of piperidine rings is 2. The number of carbonyl (C=O) groups excluding carboxylic acids is 1. The second-order valence-corrected chi connectivity index (χ2v) is 8.05. The minimum atomic E-state index is 0. The van der Waals surface area contributed by atoms with Crippen molar-refractivity contribution < 1.29 is 4.79 Å². The van der Waals surface area contributed by atoms with Gasteiger partial charge in [-0.3, -0.25) is 4.79 Å². The molecule has 1 amide bonds. The molecule has 2 aliphatic heterocycles. The van der Waals surface area contributed by atoms with Gasteiger partial charge in [-0.1, -0.05) is 6.92 Å². The molecule has 3 rings (SSSR count). The minimum Gasteiger partial charge on any atom is -0.342 e. The topological polar surface area (TPSA) is 49.6 Å². The molecule has 2 heterocycles. The van der Waals surface area contributed by atoms with Gasteiger partial charge in [0.2, 0.25) is 5.91 Å². The first-order valence-corrected chi connectivity index (χ1v) is 9.38. The Morgan fingerprint density at radius 2 is 1.75 bits per heavy atom. The molecule has 142 valence electrons. The predicted molar refractivity (Wildman–Crippen MR) is 104 cm³/mol. The molecule has 24 heavy (non-hydrogen) atoms. The highest BCUT2D eigenvalue weighted by Gasteiger charge is 2.33. The number of nitrogens with two attached hydrogens (primary N) is 1. The van der Waals surface area contributed by atoms with Crippen molar-refractivity contribution in [1.82, 2.24) is 9.80 Å². The van der Waals surface area contributed by atoms with E-state index in [0.717, 1.165) is 38.3 Å². The van der Waals surface area contributed by atoms with E-state index in [0.29, 0.717) is 11.8 Å². The van der Waals surface area contributed by atoms with Gasteiger partial charge in [0.1, 0.15) is 0 Å². The molecule has 2 saturated heterocycles. The molecule has 0 aromatic carbocycles. The van der Waals surface area contributed by atoms with Gasteiger partial charge in [-0.25, -0.2) is 0 Å². The molecule has 4 nitrogen and oxygen atoms in total. The number of hydrogen-bond donors (Lipinski definition) is 1. The van der Waals surface area contributed by atoms with Crippen LogP contribution in [0.1, 0.15) is 51.9 Å². The van der Waals surface area contributed by atoms with E-state index >= 15 is 0 Å². The van der Waals surface area contributed by atoms with Crippen LogP contribution in [0.5, 0.6) is 0 Å². The highest BCUT2D eigenvalue weighted by molar-refractivity contribution is 5.85. The molecule has 0 spiro atoms. The molecule has 0 aromatic heterocycles. The zero-order chi connectivity index (χ0) is 15.5. The van der Waals surface area contributed by atoms with Crippen molar-refractivity contribution in [3.8, 4) is 0 Å². The summed E-state index contributed by atoms with van der Waals surface area (Å²) in [6, 6.07) is 0.255. The number of amides is 1. The number of halogens is 2. The summed E-state index contributed by atoms with van der Waals surface area (Å²) in [4.78, 5) is 17.5. The van der Waals surface area contributed by atoms with E-state index in [1.807, 2.05) is 0 Å². The van der Waals surface area contributed by atoms with Crippen LogP contribution in [-0.2, 0) is 4.79 Å². The van der Waals surface area contributed by atoms with Crippen LogP contribution in [-0.4, -0.2) is 54.5 Å². The first-order valence-electron chi connectivity index (χ1n) is 9.38. The first kappa shape index (κ1) is 22.0. The number of carbonyl (C=O) groups is 1. The highest BCUT2D eigenvalue weighted by Crippen LogP contribution is 2.28. The zero-order valence-corrected chi connectivity index (χ0v) is 16.6. The molecule has 3 unspecified atom stereocenters. The zero-order valence-electron chi connectivity index (χ0n) is 15.0. The molecule has 6 heteroatoms. The van der Waals surface area contributed by atoms with E-state index in [4.69, 9.17) is 5.73 Å². The Kier molecular flexibility index (Phi) is 9.35. The molecule has 1 aliphatic carbocycles. The Labute approximate surface area is 159 Å². The van der Waals surface area contributed by atoms with Crippen LogP contribution in [0.25, 0.3) is 0 Å². The minimum absolute atomic E-state index is 0. The van der Waals surface area contributed by atoms with Crippen LogP contribution in [0.2, 0.25) is 0 Å². The molecule has 0 radical (unpaired) electrons. The Morgan fingerprint density at radius 3 is 2.38 bits per heavy atom. The lowest BCUT2D eigenvalue weighted by Gasteiger charge is -2.38. The summed E-state index contributed by atoms with van der Waals surface area (Å²) in [6.07, 6.45) is 8.10. The SMILES string of the molecule is CC1CCN(CC2CCCN(C(=O)C3CCC(N)C3)C2)CC1.Cl.Cl. The van der Waals surface area contributed by atoms with E-state index in [1.54, 1.807) is 0 Å². The third-order valence-corrected chi connectivity index (χ3v) is 6.05. The fourth-order valence-corrected chi connectivity index (χ4v) is 4.52. The number of likely N-dealkylation sites (tertiary alicyclic amines) is 2. The molecular formula is C18H35Cl2N3O. The standard InChI is InChI=1S/C18H33N3O.2ClH/c1-14-6-9-20(10-7-14)12-15-3-2-8-21(13-15)18(22)16-4-5-17(19)11-16;;/h14-17H,2-13,19H2,1H3;2*1H. The summed E-state index contributed by atoms with van der Waals surface area (Å²) in [5.74, 6) is 2.18. The average molecular weight is 380 g/mol. The third kappa shape index (κ3) is 5.76. The average Bonchev–Trinajstić information content (AvgIpc) is 2.96. The van der Waals surface area contributed by atoms with E-state index in [-0.39, 0.29) is 36.8 Å². The van der Waals surface area contributed by atoms with E-state index < -0.39 is 0 Å². The van der Waals surface area contributed by atoms with Gasteiger partial charge in [0.05, 0.1) is 0 Å². The van der Waals surface area contributed by atoms with Crippen molar-refractivity contribution in [3.05, 3.63) is 0 Å². The lowest BCUT2D eigenvalue weighted by atomic mass is 9.93. The van der Waals surface area contributed by atoms with Crippen molar-refractivity contribution >= 4 is 30.7 Å². The number of rotatable bonds is 3. The molecule has 1 saturated carbocycles. The van der Waals surface area contributed by atoms with Crippen LogP contribution in [0.4, 0.5) is 0 Å². The van der Waals surface area contributed by atoms with Crippen molar-refractivity contribution in [2.75, 3.05) is 32.7 Å². The van der Waals surface area contributed by atoms with Gasteiger partial charge in [0.15, 0.2) is 0 Å². The van der Waals surface area contributed by atoms with Gasteiger partial charge < -0.3 is 15.5 Å². The Bertz CT molecular complexity index is 388. The fraction of sp³-hybridized carbons (Fsp3) is 0.944. The first-order chi connectivity index (χ1) is 10.6. The van der Waals surface area contributed by atoms with Gasteiger partial charge >= 0.3 is 0 Å². The molecule has 0 bridgehead atoms. The lowest BCUT2D eigenvalue weighted by molar-refractivity contribution is -0.137. The van der Waals surface area contributed by atoms with Gasteiger partial charge in [-0.15, -0.1) is 24.8 Å². The molecular weight excluding hydrogens is 345 g/mol.